The predicted octanol–water partition coefficient (Wildman–Crippen LogP) is -5.34. The molecule has 12 nitrogen and oxygen atoms in total. The maximum Gasteiger partial charge on any atom is 0.335 e. The minimum atomic E-state index is -1.90. The fourth-order valence-electron chi connectivity index (χ4n) is 2.59. The molecule has 9 N–H and O–H groups in total. The molecule has 2 rings (SSSR count). The van der Waals surface area contributed by atoms with Crippen LogP contribution in [0.5, 0.6) is 0 Å². The Bertz CT molecular complexity index is 457. The number of carbonyl (C=O) groups is 1. The second-order valence-electron chi connectivity index (χ2n) is 5.65. The molecule has 2 aliphatic heterocycles. The first-order chi connectivity index (χ1) is 11.2. The number of aliphatic hydroxyl groups is 6. The zero-order valence-electron chi connectivity index (χ0n) is 12.6. The summed E-state index contributed by atoms with van der Waals surface area (Å²) in [6.45, 7) is -0.669. The topological polar surface area (TPSA) is 212 Å². The van der Waals surface area contributed by atoms with Crippen molar-refractivity contribution in [2.75, 3.05) is 6.61 Å². The Morgan fingerprint density at radius 1 is 1.00 bits per heavy atom. The van der Waals surface area contributed by atoms with Crippen molar-refractivity contribution in [3.05, 3.63) is 0 Å². The van der Waals surface area contributed by atoms with E-state index in [1.165, 1.54) is 0 Å². The predicted molar refractivity (Wildman–Crippen MR) is 71.1 cm³/mol. The summed E-state index contributed by atoms with van der Waals surface area (Å²) in [5.74, 6) is -1.60. The number of aliphatic hydroxyl groups excluding tert-OH is 6. The van der Waals surface area contributed by atoms with Gasteiger partial charge in [-0.25, -0.2) is 4.79 Å². The summed E-state index contributed by atoms with van der Waals surface area (Å²) in [5, 5.41) is 67.0. The van der Waals surface area contributed by atoms with Crippen molar-refractivity contribution in [1.29, 1.82) is 0 Å². The first-order valence-corrected chi connectivity index (χ1v) is 7.15. The number of rotatable bonds is 4. The van der Waals surface area contributed by atoms with E-state index in [-0.39, 0.29) is 17.1 Å². The SMILES string of the molecule is N[C@@H]1[C@@H](O[C@@H]2O[C@H](C(=O)O)[C@@H](O)[C@H](O)[C@H]2O)[C@@H](O)[C@@H](CO)O[C@H]1O.[Cu]. The summed E-state index contributed by atoms with van der Waals surface area (Å²) in [7, 11) is 0. The Balaban J connectivity index is 0.00000312. The molecule has 2 heterocycles. The molecule has 0 saturated carbocycles. The van der Waals surface area contributed by atoms with E-state index >= 15 is 0 Å². The van der Waals surface area contributed by atoms with Gasteiger partial charge in [-0.2, -0.15) is 0 Å². The molecular formula is C12H21CuNO11. The van der Waals surface area contributed by atoms with Crippen molar-refractivity contribution in [3.8, 4) is 0 Å². The minimum absolute atomic E-state index is 0. The van der Waals surface area contributed by atoms with Gasteiger partial charge in [0.15, 0.2) is 18.7 Å². The summed E-state index contributed by atoms with van der Waals surface area (Å²) in [5.41, 5.74) is 5.64. The molecule has 0 aromatic heterocycles. The fraction of sp³-hybridized carbons (Fsp3) is 0.917. The monoisotopic (exact) mass is 418 g/mol. The molecule has 151 valence electrons. The molecule has 0 aromatic carbocycles. The van der Waals surface area contributed by atoms with E-state index in [0.29, 0.717) is 0 Å². The molecular weight excluding hydrogens is 398 g/mol. The van der Waals surface area contributed by atoms with Gasteiger partial charge in [-0.15, -0.1) is 0 Å². The van der Waals surface area contributed by atoms with Gasteiger partial charge in [0.05, 0.1) is 12.6 Å². The van der Waals surface area contributed by atoms with Gasteiger partial charge in [-0.3, -0.25) is 0 Å². The quantitative estimate of drug-likeness (QED) is 0.201. The molecule has 13 heteroatoms. The molecule has 2 saturated heterocycles. The van der Waals surface area contributed by atoms with Crippen molar-refractivity contribution in [3.63, 3.8) is 0 Å². The van der Waals surface area contributed by atoms with Crippen molar-refractivity contribution >= 4 is 5.97 Å². The van der Waals surface area contributed by atoms with Crippen LogP contribution in [-0.4, -0.2) is 110 Å². The Hall–Kier alpha value is -0.411. The van der Waals surface area contributed by atoms with Crippen molar-refractivity contribution in [2.24, 2.45) is 5.73 Å². The van der Waals surface area contributed by atoms with E-state index in [9.17, 15) is 30.3 Å². The van der Waals surface area contributed by atoms with Crippen LogP contribution in [0.4, 0.5) is 0 Å². The Morgan fingerprint density at radius 2 is 1.60 bits per heavy atom. The van der Waals surface area contributed by atoms with Crippen molar-refractivity contribution in [2.45, 2.75) is 61.3 Å². The summed E-state index contributed by atoms with van der Waals surface area (Å²) in [4.78, 5) is 11.0. The van der Waals surface area contributed by atoms with E-state index in [0.717, 1.165) is 0 Å². The van der Waals surface area contributed by atoms with Crippen LogP contribution in [0.1, 0.15) is 0 Å². The number of carboxylic acids is 1. The number of ether oxygens (including phenoxy) is 3. The summed E-state index contributed by atoms with van der Waals surface area (Å²) >= 11 is 0. The fourth-order valence-corrected chi connectivity index (χ4v) is 2.59. The van der Waals surface area contributed by atoms with Gasteiger partial charge in [-0.05, 0) is 0 Å². The number of hydrogen-bond donors (Lipinski definition) is 8. The van der Waals surface area contributed by atoms with Crippen LogP contribution >= 0.6 is 0 Å². The molecule has 0 unspecified atom stereocenters. The van der Waals surface area contributed by atoms with Crippen LogP contribution < -0.4 is 5.73 Å². The Kier molecular flexibility index (Phi) is 8.14. The second kappa shape index (κ2) is 8.99. The van der Waals surface area contributed by atoms with Gasteiger partial charge in [0.1, 0.15) is 36.6 Å². The standard InChI is InChI=1S/C12H21NO11.Cu/c13-3-8(4(15)2(1-14)22-11(3)21)23-12-7(18)5(16)6(17)9(24-12)10(19)20;/h2-9,11-12,14-18,21H,1,13H2,(H,19,20);/t2-,3-,4+,5+,6+,7-,8-,9+,11-,12-;/m1./s1. The number of aliphatic carboxylic acids is 1. The van der Waals surface area contributed by atoms with Gasteiger partial charge in [-0.1, -0.05) is 0 Å². The van der Waals surface area contributed by atoms with Gasteiger partial charge in [0, 0.05) is 17.1 Å². The first kappa shape index (κ1) is 22.6. The molecule has 1 radical (unpaired) electrons. The maximum absolute atomic E-state index is 11.0. The molecule has 0 aromatic rings. The van der Waals surface area contributed by atoms with Crippen LogP contribution in [0.15, 0.2) is 0 Å². The molecule has 0 spiro atoms. The van der Waals surface area contributed by atoms with Crippen LogP contribution in [-0.2, 0) is 36.1 Å². The van der Waals surface area contributed by atoms with Gasteiger partial charge in [0.25, 0.3) is 0 Å². The van der Waals surface area contributed by atoms with E-state index in [1.807, 2.05) is 0 Å². The summed E-state index contributed by atoms with van der Waals surface area (Å²) < 4.78 is 15.0. The molecule has 0 bridgehead atoms. The Labute approximate surface area is 152 Å². The third-order valence-corrected chi connectivity index (χ3v) is 4.02. The maximum atomic E-state index is 11.0. The van der Waals surface area contributed by atoms with Crippen LogP contribution in [0, 0.1) is 0 Å². The zero-order valence-corrected chi connectivity index (χ0v) is 13.6. The van der Waals surface area contributed by atoms with Gasteiger partial charge < -0.3 is 55.7 Å². The van der Waals surface area contributed by atoms with Crippen LogP contribution in [0.25, 0.3) is 0 Å². The van der Waals surface area contributed by atoms with Crippen molar-refractivity contribution < 1.29 is 71.8 Å². The smallest absolute Gasteiger partial charge is 0.335 e. The van der Waals surface area contributed by atoms with Gasteiger partial charge in [0.2, 0.25) is 0 Å². The normalized spacial score (nSPS) is 47.8. The average molecular weight is 419 g/mol. The van der Waals surface area contributed by atoms with Crippen molar-refractivity contribution in [1.82, 2.24) is 0 Å². The molecule has 25 heavy (non-hydrogen) atoms. The molecule has 0 aliphatic carbocycles. The van der Waals surface area contributed by atoms with E-state index in [2.05, 4.69) is 0 Å². The van der Waals surface area contributed by atoms with Crippen LogP contribution in [0.2, 0.25) is 0 Å². The summed E-state index contributed by atoms with van der Waals surface area (Å²) in [6.07, 6.45) is -15.1. The van der Waals surface area contributed by atoms with Crippen LogP contribution in [0.3, 0.4) is 0 Å². The molecule has 2 aliphatic rings. The third kappa shape index (κ3) is 4.47. The average Bonchev–Trinajstić information content (AvgIpc) is 2.54. The molecule has 10 atom stereocenters. The number of carboxylic acid groups (broad SMARTS) is 1. The second-order valence-corrected chi connectivity index (χ2v) is 5.65. The first-order valence-electron chi connectivity index (χ1n) is 7.15. The largest absolute Gasteiger partial charge is 0.479 e. The van der Waals surface area contributed by atoms with E-state index < -0.39 is 73.9 Å². The van der Waals surface area contributed by atoms with E-state index in [1.54, 1.807) is 0 Å². The number of nitrogens with two attached hydrogens (primary N) is 1. The van der Waals surface area contributed by atoms with Gasteiger partial charge >= 0.3 is 5.97 Å². The Morgan fingerprint density at radius 3 is 2.12 bits per heavy atom. The van der Waals surface area contributed by atoms with E-state index in [4.69, 9.17) is 30.2 Å². The molecule has 2 fully saturated rings. The molecule has 0 amide bonds. The third-order valence-electron chi connectivity index (χ3n) is 4.02. The zero-order chi connectivity index (χ0) is 18.2. The minimum Gasteiger partial charge on any atom is -0.479 e. The summed E-state index contributed by atoms with van der Waals surface area (Å²) in [6, 6.07) is -1.31. The number of hydrogen-bond acceptors (Lipinski definition) is 11.